The molecule has 2 heterocycles. The maximum atomic E-state index is 6.03. The van der Waals surface area contributed by atoms with Gasteiger partial charge in [0.15, 0.2) is 0 Å². The van der Waals surface area contributed by atoms with Gasteiger partial charge in [-0.3, -0.25) is 4.90 Å². The largest absolute Gasteiger partial charge is 0.398 e. The molecule has 0 spiro atoms. The summed E-state index contributed by atoms with van der Waals surface area (Å²) in [6.45, 7) is 5.86. The minimum atomic E-state index is 0.843. The van der Waals surface area contributed by atoms with Gasteiger partial charge in [-0.25, -0.2) is 0 Å². The molecule has 1 fully saturated rings. The van der Waals surface area contributed by atoms with Crippen LogP contribution in [-0.4, -0.2) is 36.5 Å². The van der Waals surface area contributed by atoms with Gasteiger partial charge in [0.25, 0.3) is 0 Å². The monoisotopic (exact) mass is 231 g/mol. The summed E-state index contributed by atoms with van der Waals surface area (Å²) in [5.74, 6) is 0.843. The fraction of sp³-hybridized carbons (Fsp3) is 0.571. The van der Waals surface area contributed by atoms with Crippen LogP contribution in [0.15, 0.2) is 18.2 Å². The van der Waals surface area contributed by atoms with Gasteiger partial charge in [-0.15, -0.1) is 0 Å². The topological polar surface area (TPSA) is 32.5 Å². The predicted octanol–water partition coefficient (Wildman–Crippen LogP) is 1.54. The first-order valence-corrected chi connectivity index (χ1v) is 6.49. The molecule has 0 radical (unpaired) electrons. The van der Waals surface area contributed by atoms with E-state index in [1.165, 1.54) is 37.2 Å². The van der Waals surface area contributed by atoms with E-state index in [0.29, 0.717) is 0 Å². The number of hydrogen-bond donors (Lipinski definition) is 1. The average molecular weight is 231 g/mol. The third-order valence-electron chi connectivity index (χ3n) is 4.09. The zero-order valence-electron chi connectivity index (χ0n) is 10.5. The summed E-state index contributed by atoms with van der Waals surface area (Å²) in [4.78, 5) is 4.98. The van der Waals surface area contributed by atoms with E-state index < -0.39 is 0 Å². The lowest BCUT2D eigenvalue weighted by Crippen LogP contribution is -2.26. The van der Waals surface area contributed by atoms with Gasteiger partial charge in [0, 0.05) is 31.9 Å². The van der Waals surface area contributed by atoms with Crippen LogP contribution in [0.5, 0.6) is 0 Å². The van der Waals surface area contributed by atoms with Gasteiger partial charge in [-0.05, 0) is 43.1 Å². The molecular weight excluding hydrogens is 210 g/mol. The van der Waals surface area contributed by atoms with Crippen molar-refractivity contribution in [2.75, 3.05) is 32.4 Å². The number of nitrogens with two attached hydrogens (primary N) is 1. The minimum absolute atomic E-state index is 0.843. The van der Waals surface area contributed by atoms with Gasteiger partial charge >= 0.3 is 0 Å². The highest BCUT2D eigenvalue weighted by Gasteiger charge is 2.26. The maximum absolute atomic E-state index is 6.03. The SMILES string of the molecule is CN1CCC(CN2Cc3cccc(N)c3C2)C1. The Morgan fingerprint density at radius 1 is 1.35 bits per heavy atom. The van der Waals surface area contributed by atoms with Crippen LogP contribution in [0.25, 0.3) is 0 Å². The molecule has 1 atom stereocenters. The smallest absolute Gasteiger partial charge is 0.0363 e. The number of fused-ring (bicyclic) bond motifs is 1. The van der Waals surface area contributed by atoms with Crippen molar-refractivity contribution in [3.05, 3.63) is 29.3 Å². The van der Waals surface area contributed by atoms with Crippen molar-refractivity contribution < 1.29 is 0 Å². The number of nitrogen functional groups attached to an aromatic ring is 1. The molecule has 17 heavy (non-hydrogen) atoms. The highest BCUT2D eigenvalue weighted by Crippen LogP contribution is 2.29. The summed E-state index contributed by atoms with van der Waals surface area (Å²) in [6, 6.07) is 6.30. The van der Waals surface area contributed by atoms with Crippen LogP contribution in [0.3, 0.4) is 0 Å². The zero-order valence-corrected chi connectivity index (χ0v) is 10.5. The molecule has 0 amide bonds. The number of likely N-dealkylation sites (tertiary alicyclic amines) is 1. The molecule has 92 valence electrons. The molecule has 1 aromatic rings. The van der Waals surface area contributed by atoms with Gasteiger partial charge in [-0.2, -0.15) is 0 Å². The van der Waals surface area contributed by atoms with Crippen LogP contribution < -0.4 is 5.73 Å². The third kappa shape index (κ3) is 2.17. The van der Waals surface area contributed by atoms with E-state index in [4.69, 9.17) is 5.73 Å². The molecule has 1 saturated heterocycles. The highest BCUT2D eigenvalue weighted by atomic mass is 15.2. The Balaban J connectivity index is 1.64. The summed E-state index contributed by atoms with van der Waals surface area (Å²) in [7, 11) is 2.22. The van der Waals surface area contributed by atoms with Crippen molar-refractivity contribution in [3.63, 3.8) is 0 Å². The van der Waals surface area contributed by atoms with E-state index in [1.54, 1.807) is 0 Å². The number of anilines is 1. The van der Waals surface area contributed by atoms with E-state index in [-0.39, 0.29) is 0 Å². The summed E-state index contributed by atoms with van der Waals surface area (Å²) in [6.07, 6.45) is 1.35. The Morgan fingerprint density at radius 2 is 2.24 bits per heavy atom. The lowest BCUT2D eigenvalue weighted by atomic mass is 10.1. The summed E-state index contributed by atoms with van der Waals surface area (Å²) >= 11 is 0. The molecule has 2 N–H and O–H groups in total. The Kier molecular flexibility index (Phi) is 2.81. The maximum Gasteiger partial charge on any atom is 0.0363 e. The fourth-order valence-corrected chi connectivity index (χ4v) is 3.19. The van der Waals surface area contributed by atoms with Crippen molar-refractivity contribution in [2.45, 2.75) is 19.5 Å². The molecule has 1 aromatic carbocycles. The molecule has 2 aliphatic heterocycles. The molecule has 0 aliphatic carbocycles. The lowest BCUT2D eigenvalue weighted by Gasteiger charge is -2.19. The average Bonchev–Trinajstić information content (AvgIpc) is 2.86. The molecule has 3 nitrogen and oxygen atoms in total. The van der Waals surface area contributed by atoms with Crippen LogP contribution in [0.2, 0.25) is 0 Å². The van der Waals surface area contributed by atoms with Crippen LogP contribution in [0, 0.1) is 5.92 Å². The number of benzene rings is 1. The molecule has 3 heteroatoms. The van der Waals surface area contributed by atoms with Gasteiger partial charge in [0.05, 0.1) is 0 Å². The van der Waals surface area contributed by atoms with Crippen LogP contribution in [0.4, 0.5) is 5.69 Å². The standard InChI is InChI=1S/C14H21N3/c1-16-6-5-11(7-16)8-17-9-12-3-2-4-14(15)13(12)10-17/h2-4,11H,5-10,15H2,1H3. The molecule has 0 saturated carbocycles. The predicted molar refractivity (Wildman–Crippen MR) is 70.6 cm³/mol. The summed E-state index contributed by atoms with van der Waals surface area (Å²) in [5.41, 5.74) is 9.78. The van der Waals surface area contributed by atoms with Crippen molar-refractivity contribution in [3.8, 4) is 0 Å². The van der Waals surface area contributed by atoms with Crippen molar-refractivity contribution in [2.24, 2.45) is 5.92 Å². The second-order valence-electron chi connectivity index (χ2n) is 5.57. The highest BCUT2D eigenvalue weighted by molar-refractivity contribution is 5.52. The van der Waals surface area contributed by atoms with Crippen molar-refractivity contribution in [1.82, 2.24) is 9.80 Å². The summed E-state index contributed by atoms with van der Waals surface area (Å²) < 4.78 is 0. The summed E-state index contributed by atoms with van der Waals surface area (Å²) in [5, 5.41) is 0. The molecule has 0 bridgehead atoms. The second-order valence-corrected chi connectivity index (χ2v) is 5.57. The Hall–Kier alpha value is -1.06. The molecular formula is C14H21N3. The second kappa shape index (κ2) is 4.31. The normalized spacial score (nSPS) is 25.4. The first kappa shape index (κ1) is 11.1. The van der Waals surface area contributed by atoms with Crippen molar-refractivity contribution in [1.29, 1.82) is 0 Å². The Bertz CT molecular complexity index is 416. The van der Waals surface area contributed by atoms with E-state index in [9.17, 15) is 0 Å². The third-order valence-corrected chi connectivity index (χ3v) is 4.09. The number of rotatable bonds is 2. The minimum Gasteiger partial charge on any atom is -0.398 e. The quantitative estimate of drug-likeness (QED) is 0.784. The Morgan fingerprint density at radius 3 is 2.94 bits per heavy atom. The zero-order chi connectivity index (χ0) is 11.8. The van der Waals surface area contributed by atoms with E-state index in [0.717, 1.165) is 24.7 Å². The fourth-order valence-electron chi connectivity index (χ4n) is 3.19. The van der Waals surface area contributed by atoms with Gasteiger partial charge < -0.3 is 10.6 Å². The van der Waals surface area contributed by atoms with Gasteiger partial charge in [0.1, 0.15) is 0 Å². The first-order chi connectivity index (χ1) is 8.22. The van der Waals surface area contributed by atoms with Crippen LogP contribution in [0.1, 0.15) is 17.5 Å². The van der Waals surface area contributed by atoms with Gasteiger partial charge in [-0.1, -0.05) is 12.1 Å². The Labute approximate surface area is 103 Å². The van der Waals surface area contributed by atoms with Crippen LogP contribution >= 0.6 is 0 Å². The number of hydrogen-bond acceptors (Lipinski definition) is 3. The van der Waals surface area contributed by atoms with Crippen LogP contribution in [-0.2, 0) is 13.1 Å². The first-order valence-electron chi connectivity index (χ1n) is 6.49. The van der Waals surface area contributed by atoms with E-state index in [1.807, 2.05) is 6.07 Å². The molecule has 2 aliphatic rings. The lowest BCUT2D eigenvalue weighted by molar-refractivity contribution is 0.235. The molecule has 1 unspecified atom stereocenters. The number of nitrogens with zero attached hydrogens (tertiary/aromatic N) is 2. The van der Waals surface area contributed by atoms with Crippen molar-refractivity contribution >= 4 is 5.69 Å². The van der Waals surface area contributed by atoms with E-state index in [2.05, 4.69) is 29.0 Å². The van der Waals surface area contributed by atoms with Gasteiger partial charge in [0.2, 0.25) is 0 Å². The molecule has 0 aromatic heterocycles. The molecule has 3 rings (SSSR count). The van der Waals surface area contributed by atoms with E-state index >= 15 is 0 Å².